The third-order valence-corrected chi connectivity index (χ3v) is 6.04. The maximum absolute atomic E-state index is 15.4. The minimum Gasteiger partial charge on any atom is -0.497 e. The maximum Gasteiger partial charge on any atom is 0.262 e. The molecule has 2 aromatic heterocycles. The Morgan fingerprint density at radius 1 is 1.22 bits per heavy atom. The molecular formula is C26H27ClFN5O3. The van der Waals surface area contributed by atoms with Crippen LogP contribution in [0, 0.1) is 12.7 Å². The van der Waals surface area contributed by atoms with Crippen molar-refractivity contribution in [3.63, 3.8) is 0 Å². The Balaban J connectivity index is 1.85. The van der Waals surface area contributed by atoms with Crippen LogP contribution in [0.5, 0.6) is 11.5 Å². The number of hydrogen-bond donors (Lipinski definition) is 2. The van der Waals surface area contributed by atoms with Gasteiger partial charge in [0.1, 0.15) is 34.2 Å². The standard InChI is InChI=1S/C26H27ClFN5O3/c1-13(2)36-23-18(14(3)25-31-15(4)22-24(29)30-10-11-33(22)25)12-19(27)21(28)20(23)26(34)32-16-6-8-17(35-5)9-7-16/h6-14H,1-5H3,(H2,29,30)(H,32,34)/t14-/m0/s1. The number of nitrogen functional groups attached to an aromatic ring is 1. The molecule has 0 bridgehead atoms. The summed E-state index contributed by atoms with van der Waals surface area (Å²) in [6.07, 6.45) is 2.99. The highest BCUT2D eigenvalue weighted by Gasteiger charge is 2.30. The zero-order valence-electron chi connectivity index (χ0n) is 20.6. The number of nitrogens with one attached hydrogen (secondary N) is 1. The summed E-state index contributed by atoms with van der Waals surface area (Å²) in [5.74, 6) is -0.311. The van der Waals surface area contributed by atoms with Crippen LogP contribution in [0.4, 0.5) is 15.9 Å². The number of ether oxygens (including phenoxy) is 2. The number of nitrogens with zero attached hydrogens (tertiary/aromatic N) is 3. The predicted molar refractivity (Wildman–Crippen MR) is 138 cm³/mol. The Morgan fingerprint density at radius 2 is 1.92 bits per heavy atom. The Kier molecular flexibility index (Phi) is 7.03. The van der Waals surface area contributed by atoms with Crippen LogP contribution >= 0.6 is 11.6 Å². The smallest absolute Gasteiger partial charge is 0.262 e. The van der Waals surface area contributed by atoms with Gasteiger partial charge in [0, 0.05) is 29.6 Å². The lowest BCUT2D eigenvalue weighted by atomic mass is 9.95. The molecule has 3 N–H and O–H groups in total. The summed E-state index contributed by atoms with van der Waals surface area (Å²) < 4.78 is 28.4. The van der Waals surface area contributed by atoms with Crippen molar-refractivity contribution in [2.24, 2.45) is 0 Å². The van der Waals surface area contributed by atoms with Gasteiger partial charge in [-0.2, -0.15) is 0 Å². The van der Waals surface area contributed by atoms with Crippen LogP contribution in [0.3, 0.4) is 0 Å². The van der Waals surface area contributed by atoms with Crippen LogP contribution in [0.25, 0.3) is 5.52 Å². The second kappa shape index (κ2) is 10.0. The number of fused-ring (bicyclic) bond motifs is 1. The normalized spacial score (nSPS) is 12.1. The molecule has 0 spiro atoms. The van der Waals surface area contributed by atoms with Gasteiger partial charge in [-0.3, -0.25) is 9.20 Å². The molecule has 10 heteroatoms. The number of anilines is 2. The van der Waals surface area contributed by atoms with Gasteiger partial charge < -0.3 is 20.5 Å². The molecule has 8 nitrogen and oxygen atoms in total. The summed E-state index contributed by atoms with van der Waals surface area (Å²) in [6.45, 7) is 7.31. The van der Waals surface area contributed by atoms with Gasteiger partial charge in [-0.05, 0) is 51.1 Å². The van der Waals surface area contributed by atoms with Crippen molar-refractivity contribution < 1.29 is 18.7 Å². The average Bonchev–Trinajstić information content (AvgIpc) is 3.18. The molecular weight excluding hydrogens is 485 g/mol. The van der Waals surface area contributed by atoms with E-state index >= 15 is 4.39 Å². The second-order valence-electron chi connectivity index (χ2n) is 8.62. The van der Waals surface area contributed by atoms with Gasteiger partial charge in [0.2, 0.25) is 0 Å². The monoisotopic (exact) mass is 511 g/mol. The molecule has 0 saturated heterocycles. The highest BCUT2D eigenvalue weighted by atomic mass is 35.5. The summed E-state index contributed by atoms with van der Waals surface area (Å²) in [4.78, 5) is 22.2. The summed E-state index contributed by atoms with van der Waals surface area (Å²) in [5.41, 5.74) is 8.14. The lowest BCUT2D eigenvalue weighted by Crippen LogP contribution is -2.20. The van der Waals surface area contributed by atoms with Crippen molar-refractivity contribution in [2.45, 2.75) is 39.7 Å². The van der Waals surface area contributed by atoms with E-state index in [1.54, 1.807) is 57.6 Å². The molecule has 4 aromatic rings. The van der Waals surface area contributed by atoms with E-state index in [0.717, 1.165) is 0 Å². The molecule has 0 radical (unpaired) electrons. The molecule has 2 heterocycles. The van der Waals surface area contributed by atoms with Gasteiger partial charge in [0.05, 0.1) is 23.9 Å². The highest BCUT2D eigenvalue weighted by Crippen LogP contribution is 2.40. The molecule has 1 atom stereocenters. The number of hydrogen-bond acceptors (Lipinski definition) is 6. The maximum atomic E-state index is 15.4. The SMILES string of the molecule is COc1ccc(NC(=O)c2c(F)c(Cl)cc([C@H](C)c3nc(C)c4c(N)nccn34)c2OC(C)C)cc1. The fraction of sp³-hybridized carbons (Fsp3) is 0.269. The van der Waals surface area contributed by atoms with Crippen molar-refractivity contribution in [2.75, 3.05) is 18.2 Å². The summed E-state index contributed by atoms with van der Waals surface area (Å²) in [7, 11) is 1.54. The lowest BCUT2D eigenvalue weighted by molar-refractivity contribution is 0.101. The first-order chi connectivity index (χ1) is 17.1. The highest BCUT2D eigenvalue weighted by molar-refractivity contribution is 6.31. The van der Waals surface area contributed by atoms with E-state index in [-0.39, 0.29) is 22.4 Å². The number of aromatic nitrogens is 3. The van der Waals surface area contributed by atoms with Gasteiger partial charge in [-0.25, -0.2) is 14.4 Å². The molecule has 4 rings (SSSR count). The fourth-order valence-electron chi connectivity index (χ4n) is 4.10. The minimum atomic E-state index is -0.869. The number of amides is 1. The molecule has 36 heavy (non-hydrogen) atoms. The predicted octanol–water partition coefficient (Wildman–Crippen LogP) is 5.61. The van der Waals surface area contributed by atoms with Crippen LogP contribution in [-0.2, 0) is 0 Å². The van der Waals surface area contributed by atoms with Crippen molar-refractivity contribution in [1.82, 2.24) is 14.4 Å². The number of carbonyl (C=O) groups is 1. The average molecular weight is 512 g/mol. The molecule has 0 saturated carbocycles. The number of imidazole rings is 1. The Hall–Kier alpha value is -3.85. The van der Waals surface area contributed by atoms with E-state index in [1.165, 1.54) is 6.07 Å². The number of methoxy groups -OCH3 is 1. The van der Waals surface area contributed by atoms with Gasteiger partial charge in [-0.1, -0.05) is 18.5 Å². The van der Waals surface area contributed by atoms with Crippen LogP contribution < -0.4 is 20.5 Å². The van der Waals surface area contributed by atoms with Crippen molar-refractivity contribution in [3.8, 4) is 11.5 Å². The lowest BCUT2D eigenvalue weighted by Gasteiger charge is -2.22. The van der Waals surface area contributed by atoms with E-state index in [4.69, 9.17) is 31.8 Å². The number of carbonyl (C=O) groups excluding carboxylic acids is 1. The number of benzene rings is 2. The van der Waals surface area contributed by atoms with Crippen LogP contribution in [0.15, 0.2) is 42.7 Å². The van der Waals surface area contributed by atoms with E-state index in [2.05, 4.69) is 10.3 Å². The summed E-state index contributed by atoms with van der Waals surface area (Å²) in [6, 6.07) is 8.17. The molecule has 0 unspecified atom stereocenters. The molecule has 0 fully saturated rings. The number of rotatable bonds is 7. The topological polar surface area (TPSA) is 104 Å². The Bertz CT molecular complexity index is 1440. The first-order valence-corrected chi connectivity index (χ1v) is 11.7. The third-order valence-electron chi connectivity index (χ3n) is 5.77. The van der Waals surface area contributed by atoms with E-state index in [1.807, 2.05) is 18.2 Å². The molecule has 2 aromatic carbocycles. The van der Waals surface area contributed by atoms with Gasteiger partial charge >= 0.3 is 0 Å². The van der Waals surface area contributed by atoms with Crippen molar-refractivity contribution >= 4 is 34.5 Å². The first-order valence-electron chi connectivity index (χ1n) is 11.3. The number of nitrogens with two attached hydrogens (primary N) is 1. The van der Waals surface area contributed by atoms with Gasteiger partial charge in [0.25, 0.3) is 5.91 Å². The number of aryl methyl sites for hydroxylation is 1. The van der Waals surface area contributed by atoms with E-state index in [0.29, 0.717) is 39.9 Å². The van der Waals surface area contributed by atoms with Gasteiger partial charge in [-0.15, -0.1) is 0 Å². The Labute approximate surface area is 213 Å². The third kappa shape index (κ3) is 4.66. The van der Waals surface area contributed by atoms with E-state index in [9.17, 15) is 4.79 Å². The van der Waals surface area contributed by atoms with Crippen LogP contribution in [-0.4, -0.2) is 33.5 Å². The largest absolute Gasteiger partial charge is 0.497 e. The Morgan fingerprint density at radius 3 is 2.56 bits per heavy atom. The quantitative estimate of drug-likeness (QED) is 0.334. The number of halogens is 2. The molecule has 0 aliphatic carbocycles. The second-order valence-corrected chi connectivity index (χ2v) is 9.03. The zero-order chi connectivity index (χ0) is 26.1. The zero-order valence-corrected chi connectivity index (χ0v) is 21.4. The summed E-state index contributed by atoms with van der Waals surface area (Å²) >= 11 is 6.31. The molecule has 188 valence electrons. The van der Waals surface area contributed by atoms with Crippen LogP contribution in [0.1, 0.15) is 54.1 Å². The van der Waals surface area contributed by atoms with Crippen molar-refractivity contribution in [3.05, 3.63) is 76.2 Å². The van der Waals surface area contributed by atoms with Crippen LogP contribution in [0.2, 0.25) is 5.02 Å². The summed E-state index contributed by atoms with van der Waals surface area (Å²) in [5, 5.41) is 2.52. The minimum absolute atomic E-state index is 0.0989. The van der Waals surface area contributed by atoms with Crippen molar-refractivity contribution in [1.29, 1.82) is 0 Å². The molecule has 1 amide bonds. The van der Waals surface area contributed by atoms with Gasteiger partial charge in [0.15, 0.2) is 5.82 Å². The molecule has 0 aliphatic rings. The van der Waals surface area contributed by atoms with E-state index < -0.39 is 17.6 Å². The first kappa shape index (κ1) is 25.2. The molecule has 0 aliphatic heterocycles. The fourth-order valence-corrected chi connectivity index (χ4v) is 4.31.